The minimum Gasteiger partial charge on any atom is -0.493 e. The van der Waals surface area contributed by atoms with E-state index in [0.29, 0.717) is 25.3 Å². The van der Waals surface area contributed by atoms with E-state index in [1.807, 2.05) is 66.7 Å². The van der Waals surface area contributed by atoms with E-state index < -0.39 is 0 Å². The molecule has 1 N–H and O–H groups in total. The van der Waals surface area contributed by atoms with Crippen molar-refractivity contribution in [2.24, 2.45) is 0 Å². The van der Waals surface area contributed by atoms with Crippen molar-refractivity contribution in [2.75, 3.05) is 20.3 Å². The second-order valence-electron chi connectivity index (χ2n) is 8.24. The zero-order valence-electron chi connectivity index (χ0n) is 19.9. The predicted octanol–water partition coefficient (Wildman–Crippen LogP) is 6.03. The number of carbonyl (C=O) groups excluding carboxylic acids is 1. The molecule has 1 amide bonds. The third-order valence-corrected chi connectivity index (χ3v) is 6.37. The molecule has 4 aromatic rings. The highest BCUT2D eigenvalue weighted by Gasteiger charge is 2.11. The lowest BCUT2D eigenvalue weighted by atomic mass is 10.1. The van der Waals surface area contributed by atoms with Crippen LogP contribution in [0.4, 0.5) is 0 Å². The van der Waals surface area contributed by atoms with Crippen LogP contribution in [0.1, 0.15) is 35.4 Å². The first kappa shape index (κ1) is 24.8. The summed E-state index contributed by atoms with van der Waals surface area (Å²) in [7, 11) is 1.65. The van der Waals surface area contributed by atoms with E-state index in [2.05, 4.69) is 31.9 Å². The average Bonchev–Trinajstić information content (AvgIpc) is 3.24. The van der Waals surface area contributed by atoms with Crippen LogP contribution in [0.15, 0.2) is 77.3 Å². The van der Waals surface area contributed by atoms with E-state index in [4.69, 9.17) is 14.5 Å². The Morgan fingerprint density at radius 3 is 2.49 bits per heavy atom. The van der Waals surface area contributed by atoms with Crippen molar-refractivity contribution in [1.29, 1.82) is 0 Å². The number of hydrogen-bond donors (Lipinski definition) is 1. The van der Waals surface area contributed by atoms with Crippen LogP contribution in [0.2, 0.25) is 0 Å². The third kappa shape index (κ3) is 6.63. The number of nitrogens with one attached hydrogen (secondary N) is 1. The van der Waals surface area contributed by atoms with Gasteiger partial charge in [-0.1, -0.05) is 46.6 Å². The second-order valence-corrected chi connectivity index (χ2v) is 9.16. The second kappa shape index (κ2) is 12.4. The number of rotatable bonds is 12. The number of ether oxygens (including phenoxy) is 2. The molecule has 0 saturated heterocycles. The van der Waals surface area contributed by atoms with Gasteiger partial charge in [0.1, 0.15) is 12.4 Å². The lowest BCUT2D eigenvalue weighted by Crippen LogP contribution is -2.24. The Labute approximate surface area is 214 Å². The minimum atomic E-state index is -0.0330. The first-order valence-electron chi connectivity index (χ1n) is 11.9. The zero-order valence-corrected chi connectivity index (χ0v) is 21.5. The maximum atomic E-state index is 12.2. The number of aromatic nitrogens is 2. The van der Waals surface area contributed by atoms with Crippen molar-refractivity contribution < 1.29 is 14.3 Å². The summed E-state index contributed by atoms with van der Waals surface area (Å²) in [6.45, 7) is 1.89. The SMILES string of the molecule is COc1ccccc1OCCn1c(CCCCCNC(=O)c2ccc(Br)cc2)nc2ccccc21. The predicted molar refractivity (Wildman–Crippen MR) is 142 cm³/mol. The monoisotopic (exact) mass is 535 g/mol. The molecule has 0 fully saturated rings. The number of benzene rings is 3. The molecule has 0 unspecified atom stereocenters. The highest BCUT2D eigenvalue weighted by molar-refractivity contribution is 9.10. The molecule has 1 aromatic heterocycles. The highest BCUT2D eigenvalue weighted by atomic mass is 79.9. The molecule has 1 heterocycles. The summed E-state index contributed by atoms with van der Waals surface area (Å²) < 4.78 is 14.6. The Bertz CT molecular complexity index is 1250. The maximum Gasteiger partial charge on any atom is 0.251 e. The summed E-state index contributed by atoms with van der Waals surface area (Å²) in [5.41, 5.74) is 2.80. The lowest BCUT2D eigenvalue weighted by molar-refractivity contribution is 0.0953. The number of hydrogen-bond acceptors (Lipinski definition) is 4. The molecule has 0 bridgehead atoms. The van der Waals surface area contributed by atoms with Gasteiger partial charge in [0.2, 0.25) is 0 Å². The first-order valence-corrected chi connectivity index (χ1v) is 12.7. The van der Waals surface area contributed by atoms with Gasteiger partial charge in [-0.25, -0.2) is 4.98 Å². The van der Waals surface area contributed by atoms with Crippen LogP contribution in [0.25, 0.3) is 11.0 Å². The molecular formula is C28H30BrN3O3. The Morgan fingerprint density at radius 2 is 1.69 bits per heavy atom. The molecule has 0 radical (unpaired) electrons. The van der Waals surface area contributed by atoms with Crippen molar-refractivity contribution in [3.63, 3.8) is 0 Å². The average molecular weight is 536 g/mol. The summed E-state index contributed by atoms with van der Waals surface area (Å²) in [6.07, 6.45) is 3.83. The van der Waals surface area contributed by atoms with Crippen molar-refractivity contribution in [2.45, 2.75) is 32.2 Å². The van der Waals surface area contributed by atoms with Crippen LogP contribution in [0, 0.1) is 0 Å². The standard InChI is InChI=1S/C28H30BrN3O3/c1-34-25-11-6-7-12-26(25)35-20-19-32-24-10-5-4-9-23(24)31-27(32)13-3-2-8-18-30-28(33)21-14-16-22(29)17-15-21/h4-7,9-12,14-17H,2-3,8,13,18-20H2,1H3,(H,30,33). The molecule has 0 aliphatic carbocycles. The molecule has 4 rings (SSSR count). The largest absolute Gasteiger partial charge is 0.493 e. The fourth-order valence-corrected chi connectivity index (χ4v) is 4.31. The summed E-state index contributed by atoms with van der Waals surface area (Å²) >= 11 is 3.39. The van der Waals surface area contributed by atoms with Gasteiger partial charge < -0.3 is 19.4 Å². The van der Waals surface area contributed by atoms with Gasteiger partial charge in [0.25, 0.3) is 5.91 Å². The molecule has 0 aliphatic rings. The van der Waals surface area contributed by atoms with Gasteiger partial charge in [-0.15, -0.1) is 0 Å². The van der Waals surface area contributed by atoms with E-state index in [0.717, 1.165) is 58.5 Å². The number of fused-ring (bicyclic) bond motifs is 1. The fourth-order valence-electron chi connectivity index (χ4n) is 4.04. The topological polar surface area (TPSA) is 65.4 Å². The van der Waals surface area contributed by atoms with E-state index in [1.165, 1.54) is 0 Å². The molecule has 6 nitrogen and oxygen atoms in total. The smallest absolute Gasteiger partial charge is 0.251 e. The van der Waals surface area contributed by atoms with E-state index >= 15 is 0 Å². The number of nitrogens with zero attached hydrogens (tertiary/aromatic N) is 2. The van der Waals surface area contributed by atoms with Gasteiger partial charge in [0.15, 0.2) is 11.5 Å². The molecule has 0 aliphatic heterocycles. The Balaban J connectivity index is 1.28. The molecule has 0 atom stereocenters. The lowest BCUT2D eigenvalue weighted by Gasteiger charge is -2.13. The number of carbonyl (C=O) groups is 1. The van der Waals surface area contributed by atoms with E-state index in [-0.39, 0.29) is 5.91 Å². The van der Waals surface area contributed by atoms with Crippen LogP contribution in [0.5, 0.6) is 11.5 Å². The summed E-state index contributed by atoms with van der Waals surface area (Å²) in [5.74, 6) is 2.50. The molecule has 0 saturated carbocycles. The first-order chi connectivity index (χ1) is 17.2. The van der Waals surface area contributed by atoms with E-state index in [1.54, 1.807) is 7.11 Å². The minimum absolute atomic E-state index is 0.0330. The number of para-hydroxylation sites is 4. The van der Waals surface area contributed by atoms with Crippen LogP contribution in [-0.2, 0) is 13.0 Å². The van der Waals surface area contributed by atoms with Crippen LogP contribution >= 0.6 is 15.9 Å². The third-order valence-electron chi connectivity index (χ3n) is 5.84. The number of amides is 1. The van der Waals surface area contributed by atoms with Gasteiger partial charge in [0.05, 0.1) is 24.7 Å². The molecule has 3 aromatic carbocycles. The van der Waals surface area contributed by atoms with Crippen molar-refractivity contribution >= 4 is 32.9 Å². The summed E-state index contributed by atoms with van der Waals surface area (Å²) in [4.78, 5) is 17.1. The molecule has 7 heteroatoms. The number of imidazole rings is 1. The molecular weight excluding hydrogens is 506 g/mol. The van der Waals surface area contributed by atoms with Gasteiger partial charge in [-0.3, -0.25) is 4.79 Å². The Hall–Kier alpha value is -3.32. The van der Waals surface area contributed by atoms with Gasteiger partial charge in [0, 0.05) is 23.0 Å². The quantitative estimate of drug-likeness (QED) is 0.225. The number of unbranched alkanes of at least 4 members (excludes halogenated alkanes) is 2. The molecule has 35 heavy (non-hydrogen) atoms. The number of aryl methyl sites for hydroxylation is 1. The molecule has 182 valence electrons. The zero-order chi connectivity index (χ0) is 24.5. The van der Waals surface area contributed by atoms with Crippen LogP contribution in [0.3, 0.4) is 0 Å². The summed E-state index contributed by atoms with van der Waals surface area (Å²) in [6, 6.07) is 23.3. The summed E-state index contributed by atoms with van der Waals surface area (Å²) in [5, 5.41) is 3.00. The fraction of sp³-hybridized carbons (Fsp3) is 0.286. The normalized spacial score (nSPS) is 10.9. The maximum absolute atomic E-state index is 12.2. The van der Waals surface area contributed by atoms with Gasteiger partial charge in [-0.05, 0) is 61.4 Å². The van der Waals surface area contributed by atoms with Crippen molar-refractivity contribution in [3.05, 3.63) is 88.7 Å². The van der Waals surface area contributed by atoms with Crippen LogP contribution in [-0.4, -0.2) is 35.7 Å². The Kier molecular flexibility index (Phi) is 8.79. The Morgan fingerprint density at radius 1 is 0.943 bits per heavy atom. The van der Waals surface area contributed by atoms with Gasteiger partial charge >= 0.3 is 0 Å². The number of methoxy groups -OCH3 is 1. The van der Waals surface area contributed by atoms with Crippen molar-refractivity contribution in [3.8, 4) is 11.5 Å². The van der Waals surface area contributed by atoms with Crippen molar-refractivity contribution in [1.82, 2.24) is 14.9 Å². The number of halogens is 1. The van der Waals surface area contributed by atoms with E-state index in [9.17, 15) is 4.79 Å². The highest BCUT2D eigenvalue weighted by Crippen LogP contribution is 2.26. The van der Waals surface area contributed by atoms with Crippen LogP contribution < -0.4 is 14.8 Å². The molecule has 0 spiro atoms. The van der Waals surface area contributed by atoms with Gasteiger partial charge in [-0.2, -0.15) is 0 Å².